The van der Waals surface area contributed by atoms with Gasteiger partial charge in [-0.25, -0.2) is 4.98 Å². The number of hydrogen-bond donors (Lipinski definition) is 3. The number of amides is 1. The number of nitrogens with one attached hydrogen (secondary N) is 2. The molecule has 2 aromatic heterocycles. The summed E-state index contributed by atoms with van der Waals surface area (Å²) in [5.74, 6) is -0.426. The van der Waals surface area contributed by atoms with Crippen LogP contribution in [0.3, 0.4) is 0 Å². The Balaban J connectivity index is 1.79. The third-order valence-corrected chi connectivity index (χ3v) is 3.17. The first-order valence-electron chi connectivity index (χ1n) is 6.29. The summed E-state index contributed by atoms with van der Waals surface area (Å²) in [6.45, 7) is 0.647. The summed E-state index contributed by atoms with van der Waals surface area (Å²) >= 11 is 0. The molecule has 0 atom stereocenters. The van der Waals surface area contributed by atoms with E-state index in [1.807, 2.05) is 24.4 Å². The first kappa shape index (κ1) is 12.2. The second-order valence-corrected chi connectivity index (χ2v) is 4.51. The Bertz CT molecular complexity index is 763. The van der Waals surface area contributed by atoms with Gasteiger partial charge in [0, 0.05) is 35.6 Å². The van der Waals surface area contributed by atoms with Crippen LogP contribution in [0, 0.1) is 0 Å². The second-order valence-electron chi connectivity index (χ2n) is 4.51. The smallest absolute Gasteiger partial charge is 0.248 e. The van der Waals surface area contributed by atoms with E-state index in [-0.39, 0.29) is 0 Å². The van der Waals surface area contributed by atoms with Crippen molar-refractivity contribution >= 4 is 22.6 Å². The molecule has 0 aliphatic carbocycles. The molecule has 0 saturated carbocycles. The van der Waals surface area contributed by atoms with E-state index in [9.17, 15) is 4.79 Å². The van der Waals surface area contributed by atoms with Crippen molar-refractivity contribution in [3.05, 3.63) is 59.9 Å². The van der Waals surface area contributed by atoms with Crippen molar-refractivity contribution in [3.8, 4) is 0 Å². The first-order valence-corrected chi connectivity index (χ1v) is 6.29. The molecule has 0 spiro atoms. The van der Waals surface area contributed by atoms with Crippen LogP contribution in [0.15, 0.2) is 48.8 Å². The number of hydrogen-bond acceptors (Lipinski definition) is 3. The molecule has 20 heavy (non-hydrogen) atoms. The van der Waals surface area contributed by atoms with Gasteiger partial charge in [0.25, 0.3) is 0 Å². The van der Waals surface area contributed by atoms with Gasteiger partial charge in [-0.15, -0.1) is 0 Å². The molecule has 0 fully saturated rings. The molecule has 100 valence electrons. The zero-order chi connectivity index (χ0) is 13.9. The molecule has 0 unspecified atom stereocenters. The first-order chi connectivity index (χ1) is 9.74. The monoisotopic (exact) mass is 266 g/mol. The molecule has 1 aromatic carbocycles. The Hall–Kier alpha value is -2.82. The van der Waals surface area contributed by atoms with Crippen LogP contribution in [-0.2, 0) is 6.54 Å². The highest BCUT2D eigenvalue weighted by Gasteiger charge is 2.05. The highest BCUT2D eigenvalue weighted by molar-refractivity contribution is 5.93. The molecule has 4 N–H and O–H groups in total. The third kappa shape index (κ3) is 2.33. The van der Waals surface area contributed by atoms with E-state index in [0.717, 1.165) is 22.3 Å². The molecule has 0 bridgehead atoms. The zero-order valence-electron chi connectivity index (χ0n) is 10.8. The number of carbonyl (C=O) groups excluding carboxylic acids is 1. The van der Waals surface area contributed by atoms with Gasteiger partial charge in [0.05, 0.1) is 0 Å². The molecule has 0 aliphatic heterocycles. The summed E-state index contributed by atoms with van der Waals surface area (Å²) in [4.78, 5) is 18.5. The van der Waals surface area contributed by atoms with Gasteiger partial charge >= 0.3 is 0 Å². The Morgan fingerprint density at radius 3 is 3.05 bits per heavy atom. The van der Waals surface area contributed by atoms with Crippen LogP contribution in [0.25, 0.3) is 11.0 Å². The van der Waals surface area contributed by atoms with E-state index in [4.69, 9.17) is 5.73 Å². The number of carbonyl (C=O) groups is 1. The molecule has 2 heterocycles. The maximum Gasteiger partial charge on any atom is 0.248 e. The average Bonchev–Trinajstić information content (AvgIpc) is 2.89. The van der Waals surface area contributed by atoms with E-state index < -0.39 is 5.91 Å². The minimum atomic E-state index is -0.426. The number of benzene rings is 1. The Morgan fingerprint density at radius 2 is 2.20 bits per heavy atom. The highest BCUT2D eigenvalue weighted by Crippen LogP contribution is 2.18. The lowest BCUT2D eigenvalue weighted by Crippen LogP contribution is -2.11. The Morgan fingerprint density at radius 1 is 1.30 bits per heavy atom. The molecular weight excluding hydrogens is 252 g/mol. The van der Waals surface area contributed by atoms with Crippen LogP contribution in [0.5, 0.6) is 0 Å². The van der Waals surface area contributed by atoms with Gasteiger partial charge in [-0.3, -0.25) is 4.79 Å². The number of fused-ring (bicyclic) bond motifs is 1. The van der Waals surface area contributed by atoms with E-state index in [2.05, 4.69) is 15.3 Å². The summed E-state index contributed by atoms with van der Waals surface area (Å²) in [6.07, 6.45) is 3.69. The van der Waals surface area contributed by atoms with Crippen molar-refractivity contribution in [1.29, 1.82) is 0 Å². The number of rotatable bonds is 4. The lowest BCUT2D eigenvalue weighted by Gasteiger charge is -2.06. The fourth-order valence-electron chi connectivity index (χ4n) is 2.14. The number of pyridine rings is 1. The summed E-state index contributed by atoms with van der Waals surface area (Å²) in [6, 6.07) is 11.1. The van der Waals surface area contributed by atoms with Crippen molar-refractivity contribution in [2.45, 2.75) is 6.54 Å². The van der Waals surface area contributed by atoms with Gasteiger partial charge in [-0.1, -0.05) is 6.07 Å². The quantitative estimate of drug-likeness (QED) is 0.677. The Labute approximate surface area is 115 Å². The number of primary amides is 1. The number of H-pyrrole nitrogens is 1. The summed E-state index contributed by atoms with van der Waals surface area (Å²) < 4.78 is 0. The lowest BCUT2D eigenvalue weighted by molar-refractivity contribution is 0.100. The fourth-order valence-corrected chi connectivity index (χ4v) is 2.14. The summed E-state index contributed by atoms with van der Waals surface area (Å²) in [7, 11) is 0. The molecule has 0 saturated heterocycles. The van der Waals surface area contributed by atoms with Crippen LogP contribution in [0.4, 0.5) is 5.69 Å². The zero-order valence-corrected chi connectivity index (χ0v) is 10.8. The Kier molecular flexibility index (Phi) is 3.09. The van der Waals surface area contributed by atoms with Gasteiger partial charge in [0.2, 0.25) is 5.91 Å². The molecule has 5 nitrogen and oxygen atoms in total. The summed E-state index contributed by atoms with van der Waals surface area (Å²) in [5, 5.41) is 4.37. The molecular formula is C15H14N4O. The second kappa shape index (κ2) is 5.05. The average molecular weight is 266 g/mol. The molecule has 5 heteroatoms. The van der Waals surface area contributed by atoms with Crippen molar-refractivity contribution in [3.63, 3.8) is 0 Å². The topological polar surface area (TPSA) is 83.8 Å². The maximum atomic E-state index is 11.1. The van der Waals surface area contributed by atoms with E-state index in [1.165, 1.54) is 0 Å². The molecule has 0 aliphatic rings. The van der Waals surface area contributed by atoms with Crippen molar-refractivity contribution in [2.75, 3.05) is 5.32 Å². The summed E-state index contributed by atoms with van der Waals surface area (Å²) in [5.41, 5.74) is 8.62. The SMILES string of the molecule is NC(=O)c1cccc(NCc2c[nH]c3ncccc23)c1. The minimum Gasteiger partial charge on any atom is -0.381 e. The van der Waals surface area contributed by atoms with E-state index >= 15 is 0 Å². The lowest BCUT2D eigenvalue weighted by atomic mass is 10.2. The molecule has 0 radical (unpaired) electrons. The number of aromatic amines is 1. The number of nitrogens with two attached hydrogens (primary N) is 1. The van der Waals surface area contributed by atoms with Crippen LogP contribution in [0.2, 0.25) is 0 Å². The van der Waals surface area contributed by atoms with E-state index in [1.54, 1.807) is 24.4 Å². The highest BCUT2D eigenvalue weighted by atomic mass is 16.1. The van der Waals surface area contributed by atoms with Crippen molar-refractivity contribution in [2.24, 2.45) is 5.73 Å². The standard InChI is InChI=1S/C15H14N4O/c16-14(20)10-3-1-4-12(7-10)18-8-11-9-19-15-13(11)5-2-6-17-15/h1-7,9,18H,8H2,(H2,16,20)(H,17,19). The van der Waals surface area contributed by atoms with Crippen LogP contribution >= 0.6 is 0 Å². The minimum absolute atomic E-state index is 0.426. The largest absolute Gasteiger partial charge is 0.381 e. The molecule has 1 amide bonds. The number of aromatic nitrogens is 2. The third-order valence-electron chi connectivity index (χ3n) is 3.17. The number of anilines is 1. The van der Waals surface area contributed by atoms with Crippen LogP contribution < -0.4 is 11.1 Å². The van der Waals surface area contributed by atoms with Gasteiger partial charge in [0.15, 0.2) is 0 Å². The van der Waals surface area contributed by atoms with Gasteiger partial charge in [-0.2, -0.15) is 0 Å². The maximum absolute atomic E-state index is 11.1. The van der Waals surface area contributed by atoms with Crippen LogP contribution in [0.1, 0.15) is 15.9 Å². The normalized spacial score (nSPS) is 10.6. The van der Waals surface area contributed by atoms with Crippen molar-refractivity contribution in [1.82, 2.24) is 9.97 Å². The van der Waals surface area contributed by atoms with E-state index in [0.29, 0.717) is 12.1 Å². The molecule has 3 rings (SSSR count). The predicted molar refractivity (Wildman–Crippen MR) is 78.4 cm³/mol. The van der Waals surface area contributed by atoms with Gasteiger partial charge in [0.1, 0.15) is 5.65 Å². The fraction of sp³-hybridized carbons (Fsp3) is 0.0667. The van der Waals surface area contributed by atoms with Crippen molar-refractivity contribution < 1.29 is 4.79 Å². The van der Waals surface area contributed by atoms with Gasteiger partial charge in [-0.05, 0) is 35.9 Å². The predicted octanol–water partition coefficient (Wildman–Crippen LogP) is 2.27. The number of nitrogens with zero attached hydrogens (tertiary/aromatic N) is 1. The van der Waals surface area contributed by atoms with Gasteiger partial charge < -0.3 is 16.0 Å². The molecule has 3 aromatic rings. The van der Waals surface area contributed by atoms with Crippen LogP contribution in [-0.4, -0.2) is 15.9 Å².